The Labute approximate surface area is 119 Å². The molecular weight excluding hydrogens is 252 g/mol. The lowest BCUT2D eigenvalue weighted by Gasteiger charge is -2.13. The number of hydrogen-bond acceptors (Lipinski definition) is 6. The molecule has 106 valence electrons. The van der Waals surface area contributed by atoms with Crippen LogP contribution in [0.1, 0.15) is 29.7 Å². The van der Waals surface area contributed by atoms with Crippen molar-refractivity contribution in [2.75, 3.05) is 17.7 Å². The molecule has 2 aromatic rings. The Morgan fingerprint density at radius 2 is 1.80 bits per heavy atom. The molecule has 2 N–H and O–H groups in total. The van der Waals surface area contributed by atoms with Crippen molar-refractivity contribution < 1.29 is 0 Å². The molecule has 0 saturated heterocycles. The molecule has 0 atom stereocenters. The molecule has 0 unspecified atom stereocenters. The predicted molar refractivity (Wildman–Crippen MR) is 79.8 cm³/mol. The third kappa shape index (κ3) is 3.20. The second-order valence-corrected chi connectivity index (χ2v) is 4.57. The van der Waals surface area contributed by atoms with Gasteiger partial charge < -0.3 is 10.6 Å². The van der Waals surface area contributed by atoms with Crippen molar-refractivity contribution >= 4 is 11.6 Å². The Hall–Kier alpha value is -2.24. The van der Waals surface area contributed by atoms with E-state index in [-0.39, 0.29) is 0 Å². The third-order valence-electron chi connectivity index (χ3n) is 3.02. The van der Waals surface area contributed by atoms with E-state index in [9.17, 15) is 0 Å². The third-order valence-corrected chi connectivity index (χ3v) is 3.02. The molecule has 6 nitrogen and oxygen atoms in total. The van der Waals surface area contributed by atoms with Gasteiger partial charge in [-0.15, -0.1) is 0 Å². The van der Waals surface area contributed by atoms with E-state index < -0.39 is 0 Å². The van der Waals surface area contributed by atoms with E-state index in [1.807, 2.05) is 27.8 Å². The van der Waals surface area contributed by atoms with Gasteiger partial charge in [0, 0.05) is 25.2 Å². The fourth-order valence-corrected chi connectivity index (χ4v) is 1.82. The molecule has 0 radical (unpaired) electrons. The number of aromatic nitrogens is 4. The number of aryl methyl sites for hydroxylation is 2. The zero-order valence-electron chi connectivity index (χ0n) is 12.4. The van der Waals surface area contributed by atoms with Crippen LogP contribution in [0.5, 0.6) is 0 Å². The first-order valence-corrected chi connectivity index (χ1v) is 6.70. The first-order valence-electron chi connectivity index (χ1n) is 6.70. The van der Waals surface area contributed by atoms with Gasteiger partial charge in [-0.05, 0) is 13.8 Å². The molecule has 0 amide bonds. The van der Waals surface area contributed by atoms with Crippen LogP contribution in [0.3, 0.4) is 0 Å². The van der Waals surface area contributed by atoms with Crippen molar-refractivity contribution in [2.45, 2.75) is 33.7 Å². The molecule has 2 heterocycles. The van der Waals surface area contributed by atoms with Crippen molar-refractivity contribution in [3.05, 3.63) is 35.2 Å². The van der Waals surface area contributed by atoms with Crippen LogP contribution in [0.25, 0.3) is 0 Å². The minimum absolute atomic E-state index is 0.595. The Bertz CT molecular complexity index is 579. The van der Waals surface area contributed by atoms with Crippen LogP contribution >= 0.6 is 0 Å². The molecule has 0 aliphatic carbocycles. The lowest BCUT2D eigenvalue weighted by Crippen LogP contribution is -2.10. The molecule has 0 aromatic carbocycles. The van der Waals surface area contributed by atoms with Crippen LogP contribution in [-0.4, -0.2) is 27.0 Å². The molecule has 2 aromatic heterocycles. The number of rotatable bonds is 5. The van der Waals surface area contributed by atoms with Crippen LogP contribution < -0.4 is 10.6 Å². The minimum Gasteiger partial charge on any atom is -0.373 e. The highest BCUT2D eigenvalue weighted by Crippen LogP contribution is 2.20. The van der Waals surface area contributed by atoms with Crippen LogP contribution in [0.15, 0.2) is 12.4 Å². The fraction of sp³-hybridized carbons (Fsp3) is 0.429. The Kier molecular flexibility index (Phi) is 4.45. The molecule has 0 saturated carbocycles. The molecule has 0 bridgehead atoms. The van der Waals surface area contributed by atoms with E-state index in [1.165, 1.54) is 0 Å². The molecule has 0 fully saturated rings. The summed E-state index contributed by atoms with van der Waals surface area (Å²) < 4.78 is 0. The van der Waals surface area contributed by atoms with Gasteiger partial charge in [-0.2, -0.15) is 0 Å². The van der Waals surface area contributed by atoms with Gasteiger partial charge in [0.2, 0.25) is 0 Å². The summed E-state index contributed by atoms with van der Waals surface area (Å²) in [5.41, 5.74) is 2.81. The summed E-state index contributed by atoms with van der Waals surface area (Å²) in [7, 11) is 1.87. The monoisotopic (exact) mass is 272 g/mol. The van der Waals surface area contributed by atoms with Gasteiger partial charge in [0.25, 0.3) is 0 Å². The average molecular weight is 272 g/mol. The number of nitrogens with zero attached hydrogens (tertiary/aromatic N) is 4. The van der Waals surface area contributed by atoms with E-state index in [0.29, 0.717) is 6.54 Å². The van der Waals surface area contributed by atoms with Crippen LogP contribution in [0, 0.1) is 13.8 Å². The quantitative estimate of drug-likeness (QED) is 0.868. The second kappa shape index (κ2) is 6.27. The summed E-state index contributed by atoms with van der Waals surface area (Å²) in [5, 5.41) is 6.40. The molecule has 0 aliphatic heterocycles. The highest BCUT2D eigenvalue weighted by Gasteiger charge is 2.09. The van der Waals surface area contributed by atoms with E-state index in [0.717, 1.165) is 40.8 Å². The minimum atomic E-state index is 0.595. The first kappa shape index (κ1) is 14.2. The fourth-order valence-electron chi connectivity index (χ4n) is 1.82. The first-order chi connectivity index (χ1) is 9.63. The van der Waals surface area contributed by atoms with Gasteiger partial charge in [-0.3, -0.25) is 9.97 Å². The SMILES string of the molecule is CCc1nc(NC)c(C)c(NCc2cnc(C)cn2)n1. The smallest absolute Gasteiger partial charge is 0.135 e. The molecular formula is C14H20N6. The van der Waals surface area contributed by atoms with Crippen molar-refractivity contribution in [1.82, 2.24) is 19.9 Å². The molecule has 0 aliphatic rings. The van der Waals surface area contributed by atoms with E-state index in [1.54, 1.807) is 12.4 Å². The Balaban J connectivity index is 2.18. The lowest BCUT2D eigenvalue weighted by atomic mass is 10.3. The number of anilines is 2. The maximum absolute atomic E-state index is 4.52. The van der Waals surface area contributed by atoms with Gasteiger partial charge in [0.05, 0.1) is 24.1 Å². The van der Waals surface area contributed by atoms with Crippen molar-refractivity contribution in [3.63, 3.8) is 0 Å². The van der Waals surface area contributed by atoms with Crippen LogP contribution in [0.4, 0.5) is 11.6 Å². The second-order valence-electron chi connectivity index (χ2n) is 4.57. The lowest BCUT2D eigenvalue weighted by molar-refractivity contribution is 0.914. The maximum atomic E-state index is 4.52. The zero-order valence-corrected chi connectivity index (χ0v) is 12.4. The van der Waals surface area contributed by atoms with Crippen molar-refractivity contribution in [1.29, 1.82) is 0 Å². The highest BCUT2D eigenvalue weighted by atomic mass is 15.1. The topological polar surface area (TPSA) is 75.6 Å². The van der Waals surface area contributed by atoms with Crippen LogP contribution in [-0.2, 0) is 13.0 Å². The molecule has 0 spiro atoms. The molecule has 6 heteroatoms. The Morgan fingerprint density at radius 3 is 2.40 bits per heavy atom. The van der Waals surface area contributed by atoms with Crippen molar-refractivity contribution in [2.24, 2.45) is 0 Å². The predicted octanol–water partition coefficient (Wildman–Crippen LogP) is 2.10. The Morgan fingerprint density at radius 1 is 1.05 bits per heavy atom. The normalized spacial score (nSPS) is 10.4. The summed E-state index contributed by atoms with van der Waals surface area (Å²) in [5.74, 6) is 2.51. The van der Waals surface area contributed by atoms with Gasteiger partial charge >= 0.3 is 0 Å². The summed E-state index contributed by atoms with van der Waals surface area (Å²) in [6, 6.07) is 0. The average Bonchev–Trinajstić information content (AvgIpc) is 2.48. The van der Waals surface area contributed by atoms with Gasteiger partial charge in [0.15, 0.2) is 0 Å². The molecule has 2 rings (SSSR count). The van der Waals surface area contributed by atoms with Crippen molar-refractivity contribution in [3.8, 4) is 0 Å². The standard InChI is InChI=1S/C14H20N6/c1-5-12-19-13(15-4)10(3)14(20-12)18-8-11-7-16-9(2)6-17-11/h6-7H,5,8H2,1-4H3,(H2,15,18,19,20). The summed E-state index contributed by atoms with van der Waals surface area (Å²) in [6.07, 6.45) is 4.34. The van der Waals surface area contributed by atoms with Gasteiger partial charge in [-0.25, -0.2) is 9.97 Å². The summed E-state index contributed by atoms with van der Waals surface area (Å²) in [6.45, 7) is 6.55. The summed E-state index contributed by atoms with van der Waals surface area (Å²) in [4.78, 5) is 17.5. The largest absolute Gasteiger partial charge is 0.373 e. The van der Waals surface area contributed by atoms with Crippen LogP contribution in [0.2, 0.25) is 0 Å². The van der Waals surface area contributed by atoms with Gasteiger partial charge in [-0.1, -0.05) is 6.92 Å². The maximum Gasteiger partial charge on any atom is 0.135 e. The highest BCUT2D eigenvalue weighted by molar-refractivity contribution is 5.57. The molecule has 20 heavy (non-hydrogen) atoms. The van der Waals surface area contributed by atoms with E-state index in [4.69, 9.17) is 0 Å². The van der Waals surface area contributed by atoms with Gasteiger partial charge in [0.1, 0.15) is 17.5 Å². The zero-order chi connectivity index (χ0) is 14.5. The number of nitrogens with one attached hydrogen (secondary N) is 2. The van der Waals surface area contributed by atoms with E-state index >= 15 is 0 Å². The summed E-state index contributed by atoms with van der Waals surface area (Å²) >= 11 is 0. The number of hydrogen-bond donors (Lipinski definition) is 2. The van der Waals surface area contributed by atoms with E-state index in [2.05, 4.69) is 30.6 Å².